The zero-order valence-corrected chi connectivity index (χ0v) is 23.4. The molecule has 0 aliphatic heterocycles. The van der Waals surface area contributed by atoms with Crippen molar-refractivity contribution in [2.24, 2.45) is 0 Å². The van der Waals surface area contributed by atoms with E-state index < -0.39 is 118 Å². The van der Waals surface area contributed by atoms with Crippen LogP contribution in [0, 0.1) is 0 Å². The largest absolute Gasteiger partial charge is 0.455 e. The van der Waals surface area contributed by atoms with Gasteiger partial charge < -0.3 is 4.42 Å². The van der Waals surface area contributed by atoms with E-state index in [1.165, 1.54) is 0 Å². The monoisotopic (exact) mass is 587 g/mol. The van der Waals surface area contributed by atoms with Gasteiger partial charge in [-0.25, -0.2) is 0 Å². The van der Waals surface area contributed by atoms with E-state index in [4.69, 9.17) is 19.5 Å². The van der Waals surface area contributed by atoms with E-state index in [1.807, 2.05) is 78.9 Å². The molecule has 0 N–H and O–H groups in total. The molecule has 210 valence electrons. The van der Waals surface area contributed by atoms with Crippen LogP contribution < -0.4 is 0 Å². The average molecular weight is 588 g/mol. The van der Waals surface area contributed by atoms with Gasteiger partial charge in [0.15, 0.2) is 0 Å². The highest BCUT2D eigenvalue weighted by Crippen LogP contribution is 2.45. The standard InChI is InChI=1S/C44H28O/c1-3-14-29(15-4-1)33-24-13-27-40-43(33)39-26-12-25-34(44(39)45-40)31-18-11-19-32(28-31)42-37-22-9-7-20-35(37)41(30-16-5-2-6-17-30)36-21-8-10-23-38(36)42/h1-28H/i1D,3D,4D,11D,12D,13D,14D,15D,18D,19D,24D,25D,26D,27D,28D. The fraction of sp³-hybridized carbons (Fsp3) is 0. The normalized spacial score (nSPS) is 16.2. The summed E-state index contributed by atoms with van der Waals surface area (Å²) in [6.07, 6.45) is 0. The maximum atomic E-state index is 9.85. The summed E-state index contributed by atoms with van der Waals surface area (Å²) in [6, 6.07) is 14.6. The molecular weight excluding hydrogens is 544 g/mol. The zero-order chi connectivity index (χ0) is 42.8. The summed E-state index contributed by atoms with van der Waals surface area (Å²) in [6.45, 7) is 0. The van der Waals surface area contributed by atoms with E-state index in [9.17, 15) is 5.48 Å². The van der Waals surface area contributed by atoms with Gasteiger partial charge in [0.2, 0.25) is 0 Å². The molecule has 1 nitrogen and oxygen atoms in total. The van der Waals surface area contributed by atoms with Gasteiger partial charge in [-0.2, -0.15) is 0 Å². The van der Waals surface area contributed by atoms with E-state index >= 15 is 0 Å². The summed E-state index contributed by atoms with van der Waals surface area (Å²) < 4.78 is 140. The van der Waals surface area contributed by atoms with Gasteiger partial charge in [-0.1, -0.05) is 157 Å². The highest BCUT2D eigenvalue weighted by Gasteiger charge is 2.19. The van der Waals surface area contributed by atoms with Crippen LogP contribution in [0.15, 0.2) is 174 Å². The third kappa shape index (κ3) is 4.09. The Morgan fingerprint density at radius 1 is 0.400 bits per heavy atom. The molecule has 0 amide bonds. The van der Waals surface area contributed by atoms with Crippen molar-refractivity contribution < 1.29 is 25.0 Å². The van der Waals surface area contributed by atoms with Crippen molar-refractivity contribution in [3.8, 4) is 44.5 Å². The Morgan fingerprint density at radius 2 is 0.956 bits per heavy atom. The number of para-hydroxylation sites is 1. The molecule has 0 aliphatic carbocycles. The molecule has 0 bridgehead atoms. The van der Waals surface area contributed by atoms with Gasteiger partial charge in [-0.05, 0) is 72.6 Å². The Balaban J connectivity index is 1.46. The summed E-state index contributed by atoms with van der Waals surface area (Å²) in [4.78, 5) is 0. The maximum absolute atomic E-state index is 9.85. The van der Waals surface area contributed by atoms with Gasteiger partial charge in [-0.3, -0.25) is 0 Å². The molecule has 1 heterocycles. The Morgan fingerprint density at radius 3 is 1.67 bits per heavy atom. The second kappa shape index (κ2) is 10.4. The molecule has 0 atom stereocenters. The third-order valence-corrected chi connectivity index (χ3v) is 7.99. The molecule has 45 heavy (non-hydrogen) atoms. The first-order valence-electron chi connectivity index (χ1n) is 21.7. The van der Waals surface area contributed by atoms with Crippen molar-refractivity contribution in [2.45, 2.75) is 0 Å². The SMILES string of the molecule is [2H]c1c([2H])c([2H])c(-c2c([2H])c([2H])c([2H])c3oc4c(-c5c([2H])c([2H])c([2H])c(-c6c7ccccc7c(-c7ccccc7)c7ccccc67)c5[2H])c([2H])c([2H])c([2H])c4c23)c([2H])c1[2H]. The summed E-state index contributed by atoms with van der Waals surface area (Å²) in [7, 11) is 0. The van der Waals surface area contributed by atoms with Gasteiger partial charge in [-0.15, -0.1) is 0 Å². The smallest absolute Gasteiger partial charge is 0.143 e. The highest BCUT2D eigenvalue weighted by atomic mass is 16.3. The van der Waals surface area contributed by atoms with Crippen molar-refractivity contribution >= 4 is 43.5 Å². The quantitative estimate of drug-likeness (QED) is 0.187. The lowest BCUT2D eigenvalue weighted by molar-refractivity contribution is 0.670. The molecule has 0 aliphatic rings. The minimum absolute atomic E-state index is 0.0500. The number of hydrogen-bond acceptors (Lipinski definition) is 1. The van der Waals surface area contributed by atoms with Gasteiger partial charge >= 0.3 is 0 Å². The van der Waals surface area contributed by atoms with Gasteiger partial charge in [0.05, 0.1) is 20.6 Å². The predicted molar refractivity (Wildman–Crippen MR) is 190 cm³/mol. The molecule has 0 spiro atoms. The summed E-state index contributed by atoms with van der Waals surface area (Å²) in [5.74, 6) is 0. The second-order valence-corrected chi connectivity index (χ2v) is 10.5. The molecule has 0 saturated heterocycles. The van der Waals surface area contributed by atoms with Crippen molar-refractivity contribution in [3.05, 3.63) is 169 Å². The van der Waals surface area contributed by atoms with E-state index in [0.29, 0.717) is 16.3 Å². The molecule has 0 fully saturated rings. The first kappa shape index (κ1) is 14.7. The molecule has 1 heteroatoms. The lowest BCUT2D eigenvalue weighted by Gasteiger charge is -2.18. The highest BCUT2D eigenvalue weighted by molar-refractivity contribution is 6.22. The number of furan rings is 1. The van der Waals surface area contributed by atoms with E-state index in [0.717, 1.165) is 21.9 Å². The fourth-order valence-corrected chi connectivity index (χ4v) is 6.12. The fourth-order valence-electron chi connectivity index (χ4n) is 6.12. The molecule has 0 saturated carbocycles. The topological polar surface area (TPSA) is 13.1 Å². The molecule has 0 unspecified atom stereocenters. The van der Waals surface area contributed by atoms with Crippen LogP contribution in [0.1, 0.15) is 20.6 Å². The summed E-state index contributed by atoms with van der Waals surface area (Å²) in [5.41, 5.74) is -0.415. The summed E-state index contributed by atoms with van der Waals surface area (Å²) in [5, 5.41) is 2.21. The lowest BCUT2D eigenvalue weighted by Crippen LogP contribution is -1.91. The van der Waals surface area contributed by atoms with E-state index in [1.54, 1.807) is 0 Å². The van der Waals surface area contributed by atoms with Crippen LogP contribution in [0.5, 0.6) is 0 Å². The van der Waals surface area contributed by atoms with E-state index in [2.05, 4.69) is 0 Å². The Hall–Kier alpha value is -5.92. The van der Waals surface area contributed by atoms with Crippen LogP contribution in [0.2, 0.25) is 0 Å². The molecule has 9 rings (SSSR count). The van der Waals surface area contributed by atoms with Gasteiger partial charge in [0.1, 0.15) is 11.2 Å². The van der Waals surface area contributed by atoms with Crippen molar-refractivity contribution in [3.63, 3.8) is 0 Å². The maximum Gasteiger partial charge on any atom is 0.143 e. The van der Waals surface area contributed by atoms with Crippen LogP contribution in [0.25, 0.3) is 88.0 Å². The van der Waals surface area contributed by atoms with Crippen molar-refractivity contribution in [1.82, 2.24) is 0 Å². The first-order valence-corrected chi connectivity index (χ1v) is 14.2. The van der Waals surface area contributed by atoms with E-state index in [-0.39, 0.29) is 21.9 Å². The minimum Gasteiger partial charge on any atom is -0.455 e. The van der Waals surface area contributed by atoms with Crippen LogP contribution >= 0.6 is 0 Å². The Labute approximate surface area is 282 Å². The number of fused-ring (bicyclic) bond motifs is 5. The average Bonchev–Trinajstić information content (AvgIpc) is 3.65. The summed E-state index contributed by atoms with van der Waals surface area (Å²) >= 11 is 0. The lowest BCUT2D eigenvalue weighted by atomic mass is 9.85. The van der Waals surface area contributed by atoms with Gasteiger partial charge in [0.25, 0.3) is 0 Å². The Bertz CT molecular complexity index is 3290. The van der Waals surface area contributed by atoms with Gasteiger partial charge in [0, 0.05) is 16.3 Å². The van der Waals surface area contributed by atoms with Crippen LogP contribution in [0.4, 0.5) is 0 Å². The predicted octanol–water partition coefficient (Wildman–Crippen LogP) is 12.6. The van der Waals surface area contributed by atoms with Crippen molar-refractivity contribution in [1.29, 1.82) is 0 Å². The van der Waals surface area contributed by atoms with Crippen molar-refractivity contribution in [2.75, 3.05) is 0 Å². The number of hydrogen-bond donors (Lipinski definition) is 0. The molecule has 0 radical (unpaired) electrons. The minimum atomic E-state index is -0.741. The molecule has 9 aromatic rings. The Kier molecular flexibility index (Phi) is 3.39. The van der Waals surface area contributed by atoms with Crippen LogP contribution in [-0.2, 0) is 0 Å². The molecule has 8 aromatic carbocycles. The zero-order valence-electron chi connectivity index (χ0n) is 38.4. The molecule has 1 aromatic heterocycles. The molecular formula is C44H28O. The number of benzene rings is 8. The second-order valence-electron chi connectivity index (χ2n) is 10.5. The van der Waals surface area contributed by atoms with Crippen LogP contribution in [-0.4, -0.2) is 0 Å². The first-order chi connectivity index (χ1) is 28.6. The number of rotatable bonds is 4. The third-order valence-electron chi connectivity index (χ3n) is 7.99. The van der Waals surface area contributed by atoms with Crippen LogP contribution in [0.3, 0.4) is 0 Å².